The van der Waals surface area contributed by atoms with Crippen LogP contribution in [-0.4, -0.2) is 46.9 Å². The molecule has 148 valence electrons. The molecule has 1 aromatic carbocycles. The maximum atomic E-state index is 12.6. The number of carboxylic acid groups (broad SMARTS) is 1. The second-order valence-corrected chi connectivity index (χ2v) is 7.07. The largest absolute Gasteiger partial charge is 0.481 e. The van der Waals surface area contributed by atoms with Crippen LogP contribution in [0.5, 0.6) is 0 Å². The van der Waals surface area contributed by atoms with Gasteiger partial charge in [0.15, 0.2) is 0 Å². The molecule has 2 rings (SSSR count). The molecule has 0 bridgehead atoms. The van der Waals surface area contributed by atoms with Crippen LogP contribution in [0, 0.1) is 5.92 Å². The summed E-state index contributed by atoms with van der Waals surface area (Å²) in [6, 6.07) is 6.22. The van der Waals surface area contributed by atoms with Crippen LogP contribution in [0.3, 0.4) is 0 Å². The van der Waals surface area contributed by atoms with Crippen LogP contribution in [-0.2, 0) is 4.79 Å². The number of hydrogen-bond acceptors (Lipinski definition) is 3. The highest BCUT2D eigenvalue weighted by Crippen LogP contribution is 2.23. The molecule has 1 aliphatic rings. The zero-order valence-corrected chi connectivity index (χ0v) is 16.2. The Balaban J connectivity index is 2.07. The summed E-state index contributed by atoms with van der Waals surface area (Å²) in [5, 5.41) is 12.4. The summed E-state index contributed by atoms with van der Waals surface area (Å²) in [4.78, 5) is 38.3. The third kappa shape index (κ3) is 5.55. The Bertz CT molecular complexity index is 653. The van der Waals surface area contributed by atoms with Crippen LogP contribution < -0.4 is 5.32 Å². The molecule has 2 amide bonds. The van der Waals surface area contributed by atoms with Crippen LogP contribution in [0.2, 0.25) is 0 Å². The number of benzene rings is 1. The van der Waals surface area contributed by atoms with E-state index in [0.717, 1.165) is 25.7 Å². The van der Waals surface area contributed by atoms with E-state index in [1.165, 1.54) is 0 Å². The van der Waals surface area contributed by atoms with Gasteiger partial charge >= 0.3 is 5.97 Å². The lowest BCUT2D eigenvalue weighted by molar-refractivity contribution is -0.143. The molecule has 1 saturated carbocycles. The number of carboxylic acids is 1. The van der Waals surface area contributed by atoms with Gasteiger partial charge in [-0.2, -0.15) is 0 Å². The fourth-order valence-electron chi connectivity index (χ4n) is 3.66. The summed E-state index contributed by atoms with van der Waals surface area (Å²) in [7, 11) is 0. The standard InChI is InChI=1S/C21H30N2O4/c1-3-23(4-2)20(25)16-13-11-15(12-14-16)19(24)22-18-10-8-6-5-7-9-17(18)21(26)27/h11-14,17-18H,3-10H2,1-2H3,(H,22,24)(H,26,27). The van der Waals surface area contributed by atoms with E-state index in [-0.39, 0.29) is 17.9 Å². The number of rotatable bonds is 6. The summed E-state index contributed by atoms with van der Waals surface area (Å²) in [5.74, 6) is -1.73. The van der Waals surface area contributed by atoms with Crippen molar-refractivity contribution in [3.05, 3.63) is 35.4 Å². The number of nitrogens with zero attached hydrogens (tertiary/aromatic N) is 1. The van der Waals surface area contributed by atoms with Crippen molar-refractivity contribution in [2.24, 2.45) is 5.92 Å². The predicted octanol–water partition coefficient (Wildman–Crippen LogP) is 3.32. The molecule has 2 atom stereocenters. The minimum atomic E-state index is -0.845. The Morgan fingerprint density at radius 1 is 0.963 bits per heavy atom. The molecule has 1 fully saturated rings. The van der Waals surface area contributed by atoms with Crippen molar-refractivity contribution in [2.75, 3.05) is 13.1 Å². The Morgan fingerprint density at radius 2 is 1.52 bits per heavy atom. The molecule has 2 N–H and O–H groups in total. The molecular weight excluding hydrogens is 344 g/mol. The summed E-state index contributed by atoms with van der Waals surface area (Å²) in [6.07, 6.45) is 5.20. The zero-order valence-electron chi connectivity index (χ0n) is 16.2. The van der Waals surface area contributed by atoms with Crippen molar-refractivity contribution in [2.45, 2.75) is 58.4 Å². The first-order chi connectivity index (χ1) is 13.0. The highest BCUT2D eigenvalue weighted by molar-refractivity contribution is 5.98. The van der Waals surface area contributed by atoms with Crippen LogP contribution in [0.25, 0.3) is 0 Å². The summed E-state index contributed by atoms with van der Waals surface area (Å²) < 4.78 is 0. The topological polar surface area (TPSA) is 86.7 Å². The first-order valence-electron chi connectivity index (χ1n) is 9.90. The second-order valence-electron chi connectivity index (χ2n) is 7.07. The number of aliphatic carboxylic acids is 1. The number of carbonyl (C=O) groups excluding carboxylic acids is 2. The van der Waals surface area contributed by atoms with Gasteiger partial charge in [-0.05, 0) is 51.0 Å². The third-order valence-corrected chi connectivity index (χ3v) is 5.34. The van der Waals surface area contributed by atoms with E-state index in [9.17, 15) is 19.5 Å². The lowest BCUT2D eigenvalue weighted by atomic mass is 9.86. The van der Waals surface area contributed by atoms with Gasteiger partial charge in [-0.25, -0.2) is 0 Å². The Morgan fingerprint density at radius 3 is 2.07 bits per heavy atom. The van der Waals surface area contributed by atoms with E-state index in [1.54, 1.807) is 29.2 Å². The van der Waals surface area contributed by atoms with E-state index in [4.69, 9.17) is 0 Å². The number of carbonyl (C=O) groups is 3. The van der Waals surface area contributed by atoms with Crippen molar-refractivity contribution in [1.29, 1.82) is 0 Å². The maximum Gasteiger partial charge on any atom is 0.308 e. The average molecular weight is 374 g/mol. The summed E-state index contributed by atoms with van der Waals surface area (Å²) >= 11 is 0. The predicted molar refractivity (Wildman–Crippen MR) is 104 cm³/mol. The molecular formula is C21H30N2O4. The van der Waals surface area contributed by atoms with Crippen molar-refractivity contribution < 1.29 is 19.5 Å². The van der Waals surface area contributed by atoms with E-state index in [1.807, 2.05) is 13.8 Å². The van der Waals surface area contributed by atoms with Crippen molar-refractivity contribution in [3.63, 3.8) is 0 Å². The van der Waals surface area contributed by atoms with Gasteiger partial charge in [0.2, 0.25) is 0 Å². The van der Waals surface area contributed by atoms with Crippen molar-refractivity contribution in [1.82, 2.24) is 10.2 Å². The molecule has 1 aromatic rings. The maximum absolute atomic E-state index is 12.6. The molecule has 6 nitrogen and oxygen atoms in total. The van der Waals surface area contributed by atoms with Gasteiger partial charge in [-0.1, -0.05) is 25.7 Å². The minimum Gasteiger partial charge on any atom is -0.481 e. The summed E-state index contributed by atoms with van der Waals surface area (Å²) in [6.45, 7) is 5.12. The minimum absolute atomic E-state index is 0.0575. The lowest BCUT2D eigenvalue weighted by Crippen LogP contribution is -2.43. The van der Waals surface area contributed by atoms with Gasteiger partial charge in [0, 0.05) is 30.3 Å². The van der Waals surface area contributed by atoms with Crippen LogP contribution in [0.4, 0.5) is 0 Å². The van der Waals surface area contributed by atoms with Gasteiger partial charge < -0.3 is 15.3 Å². The fourth-order valence-corrected chi connectivity index (χ4v) is 3.66. The van der Waals surface area contributed by atoms with E-state index >= 15 is 0 Å². The SMILES string of the molecule is CCN(CC)C(=O)c1ccc(C(=O)NC2CCCCCCC2C(=O)O)cc1. The van der Waals surface area contributed by atoms with Gasteiger partial charge in [-0.3, -0.25) is 14.4 Å². The van der Waals surface area contributed by atoms with Crippen molar-refractivity contribution in [3.8, 4) is 0 Å². The lowest BCUT2D eigenvalue weighted by Gasteiger charge is -2.27. The molecule has 2 unspecified atom stereocenters. The highest BCUT2D eigenvalue weighted by Gasteiger charge is 2.30. The first-order valence-corrected chi connectivity index (χ1v) is 9.90. The Labute approximate surface area is 160 Å². The monoisotopic (exact) mass is 374 g/mol. The average Bonchev–Trinajstić information content (AvgIpc) is 2.64. The molecule has 1 aliphatic carbocycles. The molecule has 27 heavy (non-hydrogen) atoms. The van der Waals surface area contributed by atoms with Crippen molar-refractivity contribution >= 4 is 17.8 Å². The van der Waals surface area contributed by atoms with E-state index in [2.05, 4.69) is 5.32 Å². The first kappa shape index (κ1) is 20.9. The molecule has 6 heteroatoms. The smallest absolute Gasteiger partial charge is 0.308 e. The molecule has 0 aromatic heterocycles. The molecule has 0 radical (unpaired) electrons. The fraction of sp³-hybridized carbons (Fsp3) is 0.571. The van der Waals surface area contributed by atoms with Crippen LogP contribution in [0.15, 0.2) is 24.3 Å². The highest BCUT2D eigenvalue weighted by atomic mass is 16.4. The Hall–Kier alpha value is -2.37. The number of nitrogens with one attached hydrogen (secondary N) is 1. The molecule has 0 aliphatic heterocycles. The molecule has 0 spiro atoms. The van der Waals surface area contributed by atoms with Crippen LogP contribution >= 0.6 is 0 Å². The number of hydrogen-bond donors (Lipinski definition) is 2. The van der Waals surface area contributed by atoms with Gasteiger partial charge in [0.25, 0.3) is 11.8 Å². The van der Waals surface area contributed by atoms with Gasteiger partial charge in [-0.15, -0.1) is 0 Å². The summed E-state index contributed by atoms with van der Waals surface area (Å²) in [5.41, 5.74) is 0.988. The molecule has 0 heterocycles. The van der Waals surface area contributed by atoms with E-state index in [0.29, 0.717) is 37.1 Å². The number of amides is 2. The normalized spacial score (nSPS) is 20.2. The molecule has 0 saturated heterocycles. The van der Waals surface area contributed by atoms with E-state index < -0.39 is 11.9 Å². The quantitative estimate of drug-likeness (QED) is 0.800. The second kappa shape index (κ2) is 10.1. The third-order valence-electron chi connectivity index (χ3n) is 5.34. The Kier molecular flexibility index (Phi) is 7.82. The zero-order chi connectivity index (χ0) is 19.8. The van der Waals surface area contributed by atoms with Gasteiger partial charge in [0.1, 0.15) is 0 Å². The van der Waals surface area contributed by atoms with Crippen LogP contribution in [0.1, 0.15) is 73.1 Å². The van der Waals surface area contributed by atoms with Gasteiger partial charge in [0.05, 0.1) is 5.92 Å².